The lowest BCUT2D eigenvalue weighted by Gasteiger charge is -2.18. The molecule has 0 saturated heterocycles. The van der Waals surface area contributed by atoms with Gasteiger partial charge in [-0.3, -0.25) is 4.79 Å². The van der Waals surface area contributed by atoms with Crippen LogP contribution in [0.5, 0.6) is 0 Å². The van der Waals surface area contributed by atoms with E-state index in [0.29, 0.717) is 5.69 Å². The third-order valence-corrected chi connectivity index (χ3v) is 3.37. The lowest BCUT2D eigenvalue weighted by molar-refractivity contribution is 0.0912. The summed E-state index contributed by atoms with van der Waals surface area (Å²) in [6, 6.07) is -0.0724. The summed E-state index contributed by atoms with van der Waals surface area (Å²) in [6.45, 7) is 6.58. The van der Waals surface area contributed by atoms with Gasteiger partial charge >= 0.3 is 0 Å². The first-order valence-electron chi connectivity index (χ1n) is 5.69. The number of nitrogens with zero attached hydrogens (tertiary/aromatic N) is 1. The van der Waals surface area contributed by atoms with Gasteiger partial charge in [0.05, 0.1) is 0 Å². The lowest BCUT2D eigenvalue weighted by Crippen LogP contribution is -2.38. The van der Waals surface area contributed by atoms with E-state index in [2.05, 4.69) is 15.6 Å². The summed E-state index contributed by atoms with van der Waals surface area (Å²) in [7, 11) is 0. The molecular formula is C11H19N3O2S. The zero-order valence-corrected chi connectivity index (χ0v) is 11.2. The number of amides is 1. The molecule has 3 N–H and O–H groups in total. The van der Waals surface area contributed by atoms with Crippen molar-refractivity contribution in [1.82, 2.24) is 10.3 Å². The third kappa shape index (κ3) is 3.98. The molecule has 0 saturated carbocycles. The van der Waals surface area contributed by atoms with Crippen LogP contribution in [-0.4, -0.2) is 35.2 Å². The molecule has 1 aromatic rings. The highest BCUT2D eigenvalue weighted by molar-refractivity contribution is 7.13. The summed E-state index contributed by atoms with van der Waals surface area (Å²) in [4.78, 5) is 16.0. The largest absolute Gasteiger partial charge is 0.396 e. The van der Waals surface area contributed by atoms with E-state index in [1.165, 1.54) is 11.3 Å². The first-order valence-corrected chi connectivity index (χ1v) is 6.57. The molecule has 0 fully saturated rings. The summed E-state index contributed by atoms with van der Waals surface area (Å²) in [5.41, 5.74) is 0.419. The normalized spacial score (nSPS) is 14.1. The molecule has 0 aliphatic carbocycles. The number of carbonyl (C=O) groups excluding carboxylic acids is 1. The van der Waals surface area contributed by atoms with Crippen LogP contribution in [-0.2, 0) is 0 Å². The number of aliphatic hydroxyl groups is 1. The molecule has 0 radical (unpaired) electrons. The highest BCUT2D eigenvalue weighted by Gasteiger charge is 2.16. The number of carbonyl (C=O) groups is 1. The molecule has 2 atom stereocenters. The highest BCUT2D eigenvalue weighted by atomic mass is 32.1. The highest BCUT2D eigenvalue weighted by Crippen LogP contribution is 2.15. The summed E-state index contributed by atoms with van der Waals surface area (Å²) < 4.78 is 0. The molecule has 5 nitrogen and oxygen atoms in total. The monoisotopic (exact) mass is 257 g/mol. The maximum Gasteiger partial charge on any atom is 0.271 e. The van der Waals surface area contributed by atoms with Gasteiger partial charge in [-0.2, -0.15) is 0 Å². The SMILES string of the molecule is CCNc1nc(C(=O)NC(C)C(C)CO)cs1. The average Bonchev–Trinajstić information content (AvgIpc) is 2.77. The Morgan fingerprint density at radius 1 is 1.59 bits per heavy atom. The number of aromatic nitrogens is 1. The molecule has 0 spiro atoms. The predicted molar refractivity (Wildman–Crippen MR) is 69.5 cm³/mol. The molecule has 96 valence electrons. The minimum Gasteiger partial charge on any atom is -0.396 e. The number of hydrogen-bond donors (Lipinski definition) is 3. The van der Waals surface area contributed by atoms with Gasteiger partial charge in [0.2, 0.25) is 0 Å². The zero-order valence-electron chi connectivity index (χ0n) is 10.4. The van der Waals surface area contributed by atoms with E-state index in [9.17, 15) is 4.79 Å². The molecular weight excluding hydrogens is 238 g/mol. The molecule has 0 bridgehead atoms. The molecule has 0 aromatic carbocycles. The van der Waals surface area contributed by atoms with Crippen molar-refractivity contribution in [1.29, 1.82) is 0 Å². The molecule has 2 unspecified atom stereocenters. The fourth-order valence-electron chi connectivity index (χ4n) is 1.19. The van der Waals surface area contributed by atoms with Crippen LogP contribution >= 0.6 is 11.3 Å². The van der Waals surface area contributed by atoms with Crippen molar-refractivity contribution in [2.75, 3.05) is 18.5 Å². The smallest absolute Gasteiger partial charge is 0.271 e. The number of anilines is 1. The van der Waals surface area contributed by atoms with Crippen LogP contribution in [0.15, 0.2) is 5.38 Å². The van der Waals surface area contributed by atoms with Crippen LogP contribution in [0.2, 0.25) is 0 Å². The third-order valence-electron chi connectivity index (χ3n) is 2.57. The number of aliphatic hydroxyl groups excluding tert-OH is 1. The number of nitrogens with one attached hydrogen (secondary N) is 2. The zero-order chi connectivity index (χ0) is 12.8. The summed E-state index contributed by atoms with van der Waals surface area (Å²) in [5, 5.41) is 17.3. The van der Waals surface area contributed by atoms with E-state index < -0.39 is 0 Å². The van der Waals surface area contributed by atoms with E-state index in [-0.39, 0.29) is 24.5 Å². The van der Waals surface area contributed by atoms with E-state index in [0.717, 1.165) is 11.7 Å². The van der Waals surface area contributed by atoms with E-state index in [4.69, 9.17) is 5.11 Å². The van der Waals surface area contributed by atoms with Gasteiger partial charge in [-0.25, -0.2) is 4.98 Å². The molecule has 1 rings (SSSR count). The van der Waals surface area contributed by atoms with Gasteiger partial charge < -0.3 is 15.7 Å². The second kappa shape index (κ2) is 6.56. The second-order valence-corrected chi connectivity index (χ2v) is 4.85. The molecule has 0 aliphatic rings. The van der Waals surface area contributed by atoms with Crippen molar-refractivity contribution < 1.29 is 9.90 Å². The fraction of sp³-hybridized carbons (Fsp3) is 0.636. The quantitative estimate of drug-likeness (QED) is 0.718. The van der Waals surface area contributed by atoms with Gasteiger partial charge in [0, 0.05) is 24.6 Å². The standard InChI is InChI=1S/C11H19N3O2S/c1-4-12-11-14-9(6-17-11)10(16)13-8(3)7(2)5-15/h6-8,15H,4-5H2,1-3H3,(H,12,14)(H,13,16). The number of rotatable bonds is 6. The molecule has 1 heterocycles. The van der Waals surface area contributed by atoms with Crippen molar-refractivity contribution >= 4 is 22.4 Å². The van der Waals surface area contributed by atoms with Gasteiger partial charge in [-0.05, 0) is 19.8 Å². The van der Waals surface area contributed by atoms with Gasteiger partial charge in [-0.15, -0.1) is 11.3 Å². The molecule has 6 heteroatoms. The molecule has 17 heavy (non-hydrogen) atoms. The minimum absolute atomic E-state index is 0.0332. The summed E-state index contributed by atoms with van der Waals surface area (Å²) in [6.07, 6.45) is 0. The first-order chi connectivity index (χ1) is 8.08. The van der Waals surface area contributed by atoms with Crippen LogP contribution in [0.4, 0.5) is 5.13 Å². The van der Waals surface area contributed by atoms with Crippen LogP contribution in [0.3, 0.4) is 0 Å². The first kappa shape index (κ1) is 13.9. The fourth-order valence-corrected chi connectivity index (χ4v) is 1.95. The van der Waals surface area contributed by atoms with Crippen LogP contribution in [0.25, 0.3) is 0 Å². The second-order valence-electron chi connectivity index (χ2n) is 3.99. The van der Waals surface area contributed by atoms with Gasteiger partial charge in [0.15, 0.2) is 5.13 Å². The van der Waals surface area contributed by atoms with Crippen molar-refractivity contribution in [3.05, 3.63) is 11.1 Å². The van der Waals surface area contributed by atoms with Crippen molar-refractivity contribution in [2.24, 2.45) is 5.92 Å². The Morgan fingerprint density at radius 2 is 2.29 bits per heavy atom. The lowest BCUT2D eigenvalue weighted by atomic mass is 10.1. The minimum atomic E-state index is -0.196. The van der Waals surface area contributed by atoms with Crippen molar-refractivity contribution in [3.63, 3.8) is 0 Å². The maximum atomic E-state index is 11.8. The van der Waals surface area contributed by atoms with Crippen LogP contribution in [0, 0.1) is 5.92 Å². The average molecular weight is 257 g/mol. The van der Waals surface area contributed by atoms with Gasteiger partial charge in [0.1, 0.15) is 5.69 Å². The van der Waals surface area contributed by atoms with E-state index in [1.54, 1.807) is 5.38 Å². The summed E-state index contributed by atoms with van der Waals surface area (Å²) in [5.74, 6) is -0.163. The Labute approximate surface area is 105 Å². The summed E-state index contributed by atoms with van der Waals surface area (Å²) >= 11 is 1.41. The maximum absolute atomic E-state index is 11.8. The van der Waals surface area contributed by atoms with E-state index >= 15 is 0 Å². The molecule has 1 aromatic heterocycles. The van der Waals surface area contributed by atoms with Gasteiger partial charge in [0.25, 0.3) is 5.91 Å². The Kier molecular flexibility index (Phi) is 5.37. The van der Waals surface area contributed by atoms with Crippen LogP contribution < -0.4 is 10.6 Å². The Hall–Kier alpha value is -1.14. The molecule has 1 amide bonds. The van der Waals surface area contributed by atoms with Crippen molar-refractivity contribution in [2.45, 2.75) is 26.8 Å². The van der Waals surface area contributed by atoms with Crippen molar-refractivity contribution in [3.8, 4) is 0 Å². The van der Waals surface area contributed by atoms with Gasteiger partial charge in [-0.1, -0.05) is 6.92 Å². The van der Waals surface area contributed by atoms with E-state index in [1.807, 2.05) is 20.8 Å². The Balaban J connectivity index is 2.57. The number of hydrogen-bond acceptors (Lipinski definition) is 5. The molecule has 0 aliphatic heterocycles. The Bertz CT molecular complexity index is 367. The Morgan fingerprint density at radius 3 is 2.88 bits per heavy atom. The number of thiazole rings is 1. The topological polar surface area (TPSA) is 74.2 Å². The predicted octanol–water partition coefficient (Wildman–Crippen LogP) is 1.32. The van der Waals surface area contributed by atoms with Crippen LogP contribution in [0.1, 0.15) is 31.3 Å².